The largest absolute Gasteiger partial charge is 0.398 e. The summed E-state index contributed by atoms with van der Waals surface area (Å²) in [6.45, 7) is 0. The van der Waals surface area contributed by atoms with Gasteiger partial charge in [0.2, 0.25) is 0 Å². The van der Waals surface area contributed by atoms with E-state index in [9.17, 15) is 12.8 Å². The van der Waals surface area contributed by atoms with E-state index in [1.165, 1.54) is 36.4 Å². The first-order valence-corrected chi connectivity index (χ1v) is 7.44. The first-order chi connectivity index (χ1) is 8.88. The molecular formula is C13H11ClFNO2S. The van der Waals surface area contributed by atoms with Crippen LogP contribution in [-0.4, -0.2) is 8.42 Å². The summed E-state index contributed by atoms with van der Waals surface area (Å²) in [6.07, 6.45) is 0. The Kier molecular flexibility index (Phi) is 3.78. The highest BCUT2D eigenvalue weighted by molar-refractivity contribution is 7.90. The van der Waals surface area contributed by atoms with Crippen molar-refractivity contribution in [2.75, 3.05) is 5.73 Å². The summed E-state index contributed by atoms with van der Waals surface area (Å²) in [6, 6.07) is 9.68. The molecule has 0 heterocycles. The highest BCUT2D eigenvalue weighted by Gasteiger charge is 2.19. The second kappa shape index (κ2) is 5.19. The van der Waals surface area contributed by atoms with Gasteiger partial charge in [0.25, 0.3) is 0 Å². The van der Waals surface area contributed by atoms with Gasteiger partial charge in [-0.2, -0.15) is 0 Å². The predicted molar refractivity (Wildman–Crippen MR) is 73.2 cm³/mol. The van der Waals surface area contributed by atoms with Crippen LogP contribution in [0.2, 0.25) is 5.02 Å². The molecule has 2 aromatic carbocycles. The van der Waals surface area contributed by atoms with E-state index in [-0.39, 0.29) is 21.4 Å². The topological polar surface area (TPSA) is 60.2 Å². The normalized spacial score (nSPS) is 11.5. The molecule has 2 rings (SSSR count). The number of halogens is 2. The summed E-state index contributed by atoms with van der Waals surface area (Å²) in [5.74, 6) is -0.804. The van der Waals surface area contributed by atoms with E-state index in [4.69, 9.17) is 17.3 Å². The third-order valence-corrected chi connectivity index (χ3v) is 4.53. The van der Waals surface area contributed by atoms with Crippen LogP contribution in [-0.2, 0) is 15.6 Å². The lowest BCUT2D eigenvalue weighted by Crippen LogP contribution is -2.08. The molecule has 2 N–H and O–H groups in total. The summed E-state index contributed by atoms with van der Waals surface area (Å²) in [5, 5.41) is 0.284. The number of hydrogen-bond acceptors (Lipinski definition) is 3. The number of hydrogen-bond donors (Lipinski definition) is 1. The minimum atomic E-state index is -3.66. The van der Waals surface area contributed by atoms with Gasteiger partial charge in [0.05, 0.1) is 16.3 Å². The molecular weight excluding hydrogens is 289 g/mol. The van der Waals surface area contributed by atoms with Crippen molar-refractivity contribution in [2.45, 2.75) is 10.6 Å². The molecule has 19 heavy (non-hydrogen) atoms. The molecule has 6 heteroatoms. The number of benzene rings is 2. The molecule has 100 valence electrons. The molecule has 2 aromatic rings. The lowest BCUT2D eigenvalue weighted by Gasteiger charge is -2.08. The lowest BCUT2D eigenvalue weighted by atomic mass is 10.2. The molecule has 0 bridgehead atoms. The molecule has 0 aliphatic carbocycles. The molecule has 0 saturated heterocycles. The first kappa shape index (κ1) is 13.8. The van der Waals surface area contributed by atoms with E-state index in [0.29, 0.717) is 5.56 Å². The van der Waals surface area contributed by atoms with Crippen LogP contribution in [0.25, 0.3) is 0 Å². The van der Waals surface area contributed by atoms with Crippen molar-refractivity contribution in [1.29, 1.82) is 0 Å². The Morgan fingerprint density at radius 2 is 1.89 bits per heavy atom. The highest BCUT2D eigenvalue weighted by atomic mass is 35.5. The molecule has 0 radical (unpaired) electrons. The van der Waals surface area contributed by atoms with Crippen LogP contribution in [0.4, 0.5) is 10.1 Å². The summed E-state index contributed by atoms with van der Waals surface area (Å²) in [5.41, 5.74) is 6.13. The fourth-order valence-corrected chi connectivity index (χ4v) is 3.45. The standard InChI is InChI=1S/C13H11ClFNO2S/c14-10-4-5-12(16)13(7-10)19(17,18)8-9-2-1-3-11(15)6-9/h1-7H,8,16H2. The monoisotopic (exact) mass is 299 g/mol. The molecule has 0 unspecified atom stereocenters. The summed E-state index contributed by atoms with van der Waals surface area (Å²) < 4.78 is 37.5. The van der Waals surface area contributed by atoms with Crippen molar-refractivity contribution in [1.82, 2.24) is 0 Å². The molecule has 0 atom stereocenters. The molecule has 3 nitrogen and oxygen atoms in total. The van der Waals surface area contributed by atoms with Gasteiger partial charge in [0.15, 0.2) is 9.84 Å². The molecule has 0 amide bonds. The van der Waals surface area contributed by atoms with Crippen molar-refractivity contribution in [2.24, 2.45) is 0 Å². The second-order valence-corrected chi connectivity index (χ2v) is 6.47. The van der Waals surface area contributed by atoms with Crippen molar-refractivity contribution in [3.63, 3.8) is 0 Å². The van der Waals surface area contributed by atoms with Crippen molar-refractivity contribution in [3.05, 3.63) is 58.9 Å². The Morgan fingerprint density at radius 1 is 1.16 bits per heavy atom. The summed E-state index contributed by atoms with van der Waals surface area (Å²) in [7, 11) is -3.66. The molecule has 0 aromatic heterocycles. The van der Waals surface area contributed by atoms with Gasteiger partial charge in [-0.25, -0.2) is 12.8 Å². The van der Waals surface area contributed by atoms with Crippen LogP contribution >= 0.6 is 11.6 Å². The van der Waals surface area contributed by atoms with Gasteiger partial charge < -0.3 is 5.73 Å². The zero-order valence-corrected chi connectivity index (χ0v) is 11.4. The van der Waals surface area contributed by atoms with E-state index in [1.807, 2.05) is 0 Å². The predicted octanol–water partition coefficient (Wildman–Crippen LogP) is 3.04. The van der Waals surface area contributed by atoms with Gasteiger partial charge in [-0.3, -0.25) is 0 Å². The lowest BCUT2D eigenvalue weighted by molar-refractivity contribution is 0.595. The van der Waals surface area contributed by atoms with Crippen LogP contribution in [0.5, 0.6) is 0 Å². The van der Waals surface area contributed by atoms with E-state index in [1.54, 1.807) is 6.07 Å². The molecule has 0 saturated carbocycles. The van der Waals surface area contributed by atoms with Crippen LogP contribution in [0.15, 0.2) is 47.4 Å². The van der Waals surface area contributed by atoms with Crippen molar-refractivity contribution in [3.8, 4) is 0 Å². The maximum atomic E-state index is 13.0. The van der Waals surface area contributed by atoms with Gasteiger partial charge >= 0.3 is 0 Å². The maximum absolute atomic E-state index is 13.0. The van der Waals surface area contributed by atoms with Crippen molar-refractivity contribution < 1.29 is 12.8 Å². The van der Waals surface area contributed by atoms with E-state index >= 15 is 0 Å². The van der Waals surface area contributed by atoms with Crippen LogP contribution in [0.3, 0.4) is 0 Å². The second-order valence-electron chi connectivity index (χ2n) is 4.07. The van der Waals surface area contributed by atoms with Gasteiger partial charge in [-0.15, -0.1) is 0 Å². The van der Waals surface area contributed by atoms with Gasteiger partial charge in [-0.1, -0.05) is 23.7 Å². The number of nitrogens with two attached hydrogens (primary N) is 1. The highest BCUT2D eigenvalue weighted by Crippen LogP contribution is 2.25. The SMILES string of the molecule is Nc1ccc(Cl)cc1S(=O)(=O)Cc1cccc(F)c1. The number of rotatable bonds is 3. The third kappa shape index (κ3) is 3.24. The Labute approximate surface area is 115 Å². The Bertz CT molecular complexity index is 716. The maximum Gasteiger partial charge on any atom is 0.184 e. The fourth-order valence-electron chi connectivity index (χ4n) is 1.70. The summed E-state index contributed by atoms with van der Waals surface area (Å²) >= 11 is 5.77. The van der Waals surface area contributed by atoms with E-state index in [2.05, 4.69) is 0 Å². The molecule has 0 fully saturated rings. The number of anilines is 1. The number of nitrogen functional groups attached to an aromatic ring is 1. The minimum Gasteiger partial charge on any atom is -0.398 e. The Hall–Kier alpha value is -1.59. The van der Waals surface area contributed by atoms with Gasteiger partial charge in [0, 0.05) is 5.02 Å². The Balaban J connectivity index is 2.40. The average Bonchev–Trinajstić information content (AvgIpc) is 2.31. The molecule has 0 spiro atoms. The zero-order chi connectivity index (χ0) is 14.0. The van der Waals surface area contributed by atoms with E-state index in [0.717, 1.165) is 0 Å². The quantitative estimate of drug-likeness (QED) is 0.886. The molecule has 0 aliphatic heterocycles. The van der Waals surface area contributed by atoms with E-state index < -0.39 is 15.7 Å². The van der Waals surface area contributed by atoms with Crippen LogP contribution < -0.4 is 5.73 Å². The zero-order valence-electron chi connectivity index (χ0n) is 9.81. The first-order valence-electron chi connectivity index (χ1n) is 5.41. The third-order valence-electron chi connectivity index (χ3n) is 2.56. The van der Waals surface area contributed by atoms with Crippen molar-refractivity contribution >= 4 is 27.1 Å². The van der Waals surface area contributed by atoms with Crippen LogP contribution in [0, 0.1) is 5.82 Å². The van der Waals surface area contributed by atoms with Crippen LogP contribution in [0.1, 0.15) is 5.56 Å². The van der Waals surface area contributed by atoms with Gasteiger partial charge in [0.1, 0.15) is 5.82 Å². The molecule has 0 aliphatic rings. The summed E-state index contributed by atoms with van der Waals surface area (Å²) in [4.78, 5) is -0.0377. The minimum absolute atomic E-state index is 0.0377. The smallest absolute Gasteiger partial charge is 0.184 e. The fraction of sp³-hybridized carbons (Fsp3) is 0.0769. The Morgan fingerprint density at radius 3 is 2.58 bits per heavy atom. The van der Waals surface area contributed by atoms with Gasteiger partial charge in [-0.05, 0) is 35.9 Å². The average molecular weight is 300 g/mol. The number of sulfone groups is 1.